The molecule has 1 rings (SSSR count). The van der Waals surface area contributed by atoms with Gasteiger partial charge in [-0.3, -0.25) is 0 Å². The summed E-state index contributed by atoms with van der Waals surface area (Å²) in [6.07, 6.45) is 0. The first kappa shape index (κ1) is 16.3. The van der Waals surface area contributed by atoms with Crippen molar-refractivity contribution in [2.45, 2.75) is 45.9 Å². The summed E-state index contributed by atoms with van der Waals surface area (Å²) in [5, 5.41) is 10.1. The smallest absolute Gasteiger partial charge is 1.00 e. The predicted octanol–water partition coefficient (Wildman–Crippen LogP) is 1.16. The number of halogens is 1. The first-order chi connectivity index (χ1) is 6.79. The molecule has 0 saturated carbocycles. The van der Waals surface area contributed by atoms with E-state index in [1.165, 1.54) is 0 Å². The molecule has 0 heterocycles. The molecule has 3 heteroatoms. The molecule has 0 fully saturated rings. The summed E-state index contributed by atoms with van der Waals surface area (Å²) in [4.78, 5) is 0. The third-order valence-electron chi connectivity index (χ3n) is 2.84. The first-order valence-corrected chi connectivity index (χ1v) is 5.71. The van der Waals surface area contributed by atoms with Gasteiger partial charge in [0.15, 0.2) is 0 Å². The van der Waals surface area contributed by atoms with E-state index in [4.69, 9.17) is 11.6 Å². The SMILES string of the molecule is Cc1cc(C(C)(C)C)c(O)c(C)c1CCl.[H-].[Na+]. The molecule has 0 spiro atoms. The van der Waals surface area contributed by atoms with E-state index in [0.29, 0.717) is 11.6 Å². The topological polar surface area (TPSA) is 20.2 Å². The number of rotatable bonds is 1. The van der Waals surface area contributed by atoms with Crippen molar-refractivity contribution in [2.24, 2.45) is 0 Å². The zero-order valence-electron chi connectivity index (χ0n) is 12.1. The molecule has 0 aromatic heterocycles. The molecule has 0 atom stereocenters. The maximum atomic E-state index is 10.1. The summed E-state index contributed by atoms with van der Waals surface area (Å²) in [6, 6.07) is 2.04. The molecule has 1 nitrogen and oxygen atoms in total. The monoisotopic (exact) mass is 250 g/mol. The van der Waals surface area contributed by atoms with Crippen LogP contribution in [0.3, 0.4) is 0 Å². The van der Waals surface area contributed by atoms with Gasteiger partial charge in [-0.05, 0) is 41.5 Å². The molecular formula is C13H20ClNaO. The molecule has 0 unspecified atom stereocenters. The quantitative estimate of drug-likeness (QED) is 0.586. The van der Waals surface area contributed by atoms with Crippen LogP contribution < -0.4 is 29.6 Å². The number of phenolic OH excluding ortho intramolecular Hbond substituents is 1. The van der Waals surface area contributed by atoms with Crippen molar-refractivity contribution >= 4 is 11.6 Å². The van der Waals surface area contributed by atoms with Crippen molar-refractivity contribution in [3.05, 3.63) is 28.3 Å². The Labute approximate surface area is 127 Å². The fourth-order valence-electron chi connectivity index (χ4n) is 1.79. The van der Waals surface area contributed by atoms with Crippen LogP contribution in [0.1, 0.15) is 44.5 Å². The summed E-state index contributed by atoms with van der Waals surface area (Å²) in [5.41, 5.74) is 4.07. The normalized spacial score (nSPS) is 11.1. The number of phenols is 1. The molecule has 1 N–H and O–H groups in total. The van der Waals surface area contributed by atoms with Gasteiger partial charge in [0.1, 0.15) is 5.75 Å². The zero-order chi connectivity index (χ0) is 11.8. The Morgan fingerprint density at radius 2 is 1.81 bits per heavy atom. The van der Waals surface area contributed by atoms with E-state index in [1.807, 2.05) is 19.9 Å². The summed E-state index contributed by atoms with van der Waals surface area (Å²) in [6.45, 7) is 10.3. The predicted molar refractivity (Wildman–Crippen MR) is 66.9 cm³/mol. The zero-order valence-corrected chi connectivity index (χ0v) is 13.9. The van der Waals surface area contributed by atoms with Crippen LogP contribution in [0.25, 0.3) is 0 Å². The van der Waals surface area contributed by atoms with Gasteiger partial charge >= 0.3 is 29.6 Å². The van der Waals surface area contributed by atoms with Crippen LogP contribution in [-0.2, 0) is 11.3 Å². The Kier molecular flexibility index (Phi) is 5.88. The number of hydrogen-bond donors (Lipinski definition) is 1. The minimum atomic E-state index is -0.0373. The van der Waals surface area contributed by atoms with E-state index in [2.05, 4.69) is 20.8 Å². The van der Waals surface area contributed by atoms with Crippen LogP contribution >= 0.6 is 11.6 Å². The van der Waals surface area contributed by atoms with Crippen LogP contribution in [0.15, 0.2) is 6.07 Å². The van der Waals surface area contributed by atoms with Crippen molar-refractivity contribution in [1.82, 2.24) is 0 Å². The van der Waals surface area contributed by atoms with Gasteiger partial charge in [0, 0.05) is 5.88 Å². The number of alkyl halides is 1. The largest absolute Gasteiger partial charge is 1.00 e. The maximum Gasteiger partial charge on any atom is 1.00 e. The standard InChI is InChI=1S/C13H19ClO.Na.H/c1-8-6-11(13(3,4)5)12(15)9(2)10(8)7-14;;/h6,15H,7H2,1-5H3;;/q;+1;-1. The van der Waals surface area contributed by atoms with E-state index in [-0.39, 0.29) is 36.4 Å². The first-order valence-electron chi connectivity index (χ1n) is 5.17. The van der Waals surface area contributed by atoms with Gasteiger partial charge in [-0.1, -0.05) is 26.8 Å². The van der Waals surface area contributed by atoms with E-state index < -0.39 is 0 Å². The summed E-state index contributed by atoms with van der Waals surface area (Å²) in [7, 11) is 0. The van der Waals surface area contributed by atoms with Crippen LogP contribution in [0.5, 0.6) is 5.75 Å². The Morgan fingerprint density at radius 3 is 2.19 bits per heavy atom. The van der Waals surface area contributed by atoms with Gasteiger partial charge in [0.05, 0.1) is 0 Å². The average Bonchev–Trinajstić information content (AvgIpc) is 2.10. The van der Waals surface area contributed by atoms with Gasteiger partial charge in [-0.15, -0.1) is 11.6 Å². The third kappa shape index (κ3) is 3.16. The second-order valence-electron chi connectivity index (χ2n) is 5.08. The minimum Gasteiger partial charge on any atom is -1.00 e. The van der Waals surface area contributed by atoms with E-state index in [9.17, 15) is 5.11 Å². The molecule has 0 bridgehead atoms. The molecular weight excluding hydrogens is 231 g/mol. The fourth-order valence-corrected chi connectivity index (χ4v) is 2.20. The molecule has 0 aliphatic carbocycles. The fraction of sp³-hybridized carbons (Fsp3) is 0.538. The molecule has 16 heavy (non-hydrogen) atoms. The molecule has 0 saturated heterocycles. The Bertz CT molecular complexity index is 386. The van der Waals surface area contributed by atoms with E-state index in [1.54, 1.807) is 0 Å². The van der Waals surface area contributed by atoms with Crippen molar-refractivity contribution in [3.8, 4) is 5.75 Å². The Morgan fingerprint density at radius 1 is 1.31 bits per heavy atom. The van der Waals surface area contributed by atoms with Crippen LogP contribution in [-0.4, -0.2) is 5.11 Å². The summed E-state index contributed by atoms with van der Waals surface area (Å²) >= 11 is 5.86. The maximum absolute atomic E-state index is 10.1. The van der Waals surface area contributed by atoms with Crippen LogP contribution in [0.2, 0.25) is 0 Å². The number of hydrogen-bond acceptors (Lipinski definition) is 1. The van der Waals surface area contributed by atoms with Crippen molar-refractivity contribution in [2.75, 3.05) is 0 Å². The second-order valence-corrected chi connectivity index (χ2v) is 5.34. The van der Waals surface area contributed by atoms with Gasteiger partial charge < -0.3 is 6.53 Å². The molecule has 1 aromatic rings. The molecule has 86 valence electrons. The molecule has 0 radical (unpaired) electrons. The molecule has 0 aliphatic heterocycles. The molecule has 0 aliphatic rings. The summed E-state index contributed by atoms with van der Waals surface area (Å²) in [5.74, 6) is 0.846. The van der Waals surface area contributed by atoms with Crippen molar-refractivity contribution < 1.29 is 36.1 Å². The molecule has 1 aromatic carbocycles. The number of aromatic hydroxyl groups is 1. The second kappa shape index (κ2) is 5.77. The van der Waals surface area contributed by atoms with Gasteiger partial charge in [-0.2, -0.15) is 0 Å². The number of benzene rings is 1. The van der Waals surface area contributed by atoms with Gasteiger partial charge in [0.25, 0.3) is 0 Å². The number of aryl methyl sites for hydroxylation is 1. The van der Waals surface area contributed by atoms with Crippen molar-refractivity contribution in [3.63, 3.8) is 0 Å². The van der Waals surface area contributed by atoms with E-state index in [0.717, 1.165) is 22.3 Å². The average molecular weight is 251 g/mol. The van der Waals surface area contributed by atoms with Crippen LogP contribution in [0, 0.1) is 13.8 Å². The van der Waals surface area contributed by atoms with Crippen molar-refractivity contribution in [1.29, 1.82) is 0 Å². The van der Waals surface area contributed by atoms with Gasteiger partial charge in [-0.25, -0.2) is 0 Å². The third-order valence-corrected chi connectivity index (χ3v) is 3.11. The summed E-state index contributed by atoms with van der Waals surface area (Å²) < 4.78 is 0. The molecule has 0 amide bonds. The Hall–Kier alpha value is 0.310. The van der Waals surface area contributed by atoms with Crippen LogP contribution in [0.4, 0.5) is 0 Å². The van der Waals surface area contributed by atoms with E-state index >= 15 is 0 Å². The Balaban J connectivity index is 0. The van der Waals surface area contributed by atoms with Gasteiger partial charge in [0.2, 0.25) is 0 Å². The minimum absolute atomic E-state index is 0.